The molecule has 1 N–H and O–H groups in total. The summed E-state index contributed by atoms with van der Waals surface area (Å²) >= 11 is 0. The van der Waals surface area contributed by atoms with Gasteiger partial charge in [0.25, 0.3) is 5.91 Å². The quantitative estimate of drug-likeness (QED) is 0.838. The van der Waals surface area contributed by atoms with Gasteiger partial charge in [-0.25, -0.2) is 0 Å². The minimum atomic E-state index is -0.323. The van der Waals surface area contributed by atoms with E-state index in [-0.39, 0.29) is 17.6 Å². The van der Waals surface area contributed by atoms with Crippen molar-refractivity contribution in [3.8, 4) is 11.5 Å². The van der Waals surface area contributed by atoms with Gasteiger partial charge in [0, 0.05) is 17.5 Å². The lowest BCUT2D eigenvalue weighted by Gasteiger charge is -2.38. The van der Waals surface area contributed by atoms with Crippen LogP contribution >= 0.6 is 0 Å². The Kier molecular flexibility index (Phi) is 5.21. The Hall–Kier alpha value is -2.49. The lowest BCUT2D eigenvalue weighted by molar-refractivity contribution is 0.0619. The van der Waals surface area contributed by atoms with Gasteiger partial charge in [0.05, 0.1) is 12.6 Å². The molecule has 0 radical (unpaired) electrons. The first-order chi connectivity index (χ1) is 12.4. The van der Waals surface area contributed by atoms with Gasteiger partial charge in [-0.15, -0.1) is 0 Å². The largest absolute Gasteiger partial charge is 0.494 e. The number of rotatable bonds is 5. The summed E-state index contributed by atoms with van der Waals surface area (Å²) in [6, 6.07) is 13.4. The van der Waals surface area contributed by atoms with Crippen molar-refractivity contribution in [2.45, 2.75) is 52.2 Å². The van der Waals surface area contributed by atoms with Crippen molar-refractivity contribution >= 4 is 5.91 Å². The number of hydrogen-bond acceptors (Lipinski definition) is 3. The molecule has 0 spiro atoms. The fourth-order valence-electron chi connectivity index (χ4n) is 3.25. The molecule has 138 valence electrons. The van der Waals surface area contributed by atoms with Gasteiger partial charge in [0.1, 0.15) is 17.1 Å². The first kappa shape index (κ1) is 18.3. The van der Waals surface area contributed by atoms with Crippen molar-refractivity contribution in [2.75, 3.05) is 6.61 Å². The first-order valence-electron chi connectivity index (χ1n) is 9.21. The number of ether oxygens (including phenoxy) is 2. The minimum Gasteiger partial charge on any atom is -0.494 e. The van der Waals surface area contributed by atoms with Crippen molar-refractivity contribution < 1.29 is 14.3 Å². The number of hydrogen-bond donors (Lipinski definition) is 1. The molecule has 0 saturated carbocycles. The van der Waals surface area contributed by atoms with Crippen molar-refractivity contribution in [2.24, 2.45) is 0 Å². The Labute approximate surface area is 155 Å². The highest BCUT2D eigenvalue weighted by atomic mass is 16.5. The Morgan fingerprint density at radius 1 is 1.23 bits per heavy atom. The molecular weight excluding hydrogens is 326 g/mol. The summed E-state index contributed by atoms with van der Waals surface area (Å²) in [5.41, 5.74) is 2.49. The minimum absolute atomic E-state index is 0.0714. The van der Waals surface area contributed by atoms with E-state index in [2.05, 4.69) is 32.2 Å². The van der Waals surface area contributed by atoms with Crippen LogP contribution in [0.15, 0.2) is 42.5 Å². The van der Waals surface area contributed by atoms with Crippen LogP contribution in [-0.4, -0.2) is 18.1 Å². The SMILES string of the molecule is CCCOc1ccc(C(=O)N[C@@H]2CC(C)(C)Oc3cc(C)ccc32)cc1. The second kappa shape index (κ2) is 7.40. The summed E-state index contributed by atoms with van der Waals surface area (Å²) in [4.78, 5) is 12.7. The number of fused-ring (bicyclic) bond motifs is 1. The molecule has 2 aromatic carbocycles. The maximum Gasteiger partial charge on any atom is 0.251 e. The standard InChI is InChI=1S/C22H27NO3/c1-5-12-25-17-9-7-16(8-10-17)21(24)23-19-14-22(3,4)26-20-13-15(2)6-11-18(19)20/h6-11,13,19H,5,12,14H2,1-4H3,(H,23,24)/t19-/m1/s1. The average Bonchev–Trinajstić information content (AvgIpc) is 2.59. The van der Waals surface area contributed by atoms with Crippen molar-refractivity contribution in [1.29, 1.82) is 0 Å². The third-order valence-electron chi connectivity index (χ3n) is 4.52. The molecule has 4 heteroatoms. The number of aryl methyl sites for hydroxylation is 1. The third-order valence-corrected chi connectivity index (χ3v) is 4.52. The molecule has 1 aliphatic rings. The smallest absolute Gasteiger partial charge is 0.251 e. The molecule has 4 nitrogen and oxygen atoms in total. The van der Waals surface area contributed by atoms with Crippen molar-refractivity contribution in [3.63, 3.8) is 0 Å². The average molecular weight is 353 g/mol. The van der Waals surface area contributed by atoms with Gasteiger partial charge in [0.15, 0.2) is 0 Å². The maximum atomic E-state index is 12.7. The summed E-state index contributed by atoms with van der Waals surface area (Å²) in [5.74, 6) is 1.56. The summed E-state index contributed by atoms with van der Waals surface area (Å²) in [7, 11) is 0. The van der Waals surface area contributed by atoms with E-state index in [9.17, 15) is 4.79 Å². The van der Waals surface area contributed by atoms with E-state index in [4.69, 9.17) is 9.47 Å². The van der Waals surface area contributed by atoms with E-state index in [1.54, 1.807) is 12.1 Å². The highest BCUT2D eigenvalue weighted by Gasteiger charge is 2.34. The number of benzene rings is 2. The number of carbonyl (C=O) groups excluding carboxylic acids is 1. The molecule has 0 aromatic heterocycles. The van der Waals surface area contributed by atoms with Gasteiger partial charge >= 0.3 is 0 Å². The highest BCUT2D eigenvalue weighted by molar-refractivity contribution is 5.94. The predicted molar refractivity (Wildman–Crippen MR) is 103 cm³/mol. The van der Waals surface area contributed by atoms with E-state index < -0.39 is 0 Å². The highest BCUT2D eigenvalue weighted by Crippen LogP contribution is 2.40. The van der Waals surface area contributed by atoms with Crippen LogP contribution in [-0.2, 0) is 0 Å². The molecule has 0 saturated heterocycles. The van der Waals surface area contributed by atoms with Crippen LogP contribution in [0.25, 0.3) is 0 Å². The van der Waals surface area contributed by atoms with Gasteiger partial charge < -0.3 is 14.8 Å². The molecule has 3 rings (SSSR count). The van der Waals surface area contributed by atoms with Crippen LogP contribution in [0.2, 0.25) is 0 Å². The summed E-state index contributed by atoms with van der Waals surface area (Å²) in [5, 5.41) is 3.17. The van der Waals surface area contributed by atoms with Crippen LogP contribution in [0.4, 0.5) is 0 Å². The van der Waals surface area contributed by atoms with E-state index in [0.29, 0.717) is 12.2 Å². The van der Waals surface area contributed by atoms with Gasteiger partial charge in [-0.3, -0.25) is 4.79 Å². The first-order valence-corrected chi connectivity index (χ1v) is 9.21. The summed E-state index contributed by atoms with van der Waals surface area (Å²) in [6.07, 6.45) is 1.69. The Morgan fingerprint density at radius 3 is 2.65 bits per heavy atom. The van der Waals surface area contributed by atoms with Crippen LogP contribution < -0.4 is 14.8 Å². The molecule has 1 amide bonds. The van der Waals surface area contributed by atoms with Gasteiger partial charge in [0.2, 0.25) is 0 Å². The zero-order chi connectivity index (χ0) is 18.7. The zero-order valence-corrected chi connectivity index (χ0v) is 16.0. The van der Waals surface area contributed by atoms with Gasteiger partial charge in [-0.1, -0.05) is 19.1 Å². The fourth-order valence-corrected chi connectivity index (χ4v) is 3.25. The lowest BCUT2D eigenvalue weighted by atomic mass is 9.89. The molecule has 1 atom stereocenters. The van der Waals surface area contributed by atoms with Crippen LogP contribution in [0.5, 0.6) is 11.5 Å². The molecule has 0 bridgehead atoms. The van der Waals surface area contributed by atoms with Crippen molar-refractivity contribution in [1.82, 2.24) is 5.32 Å². The zero-order valence-electron chi connectivity index (χ0n) is 16.0. The number of nitrogens with one attached hydrogen (secondary N) is 1. The number of amides is 1. The van der Waals surface area contributed by atoms with Gasteiger partial charge in [-0.05, 0) is 63.1 Å². The normalized spacial score (nSPS) is 17.8. The fraction of sp³-hybridized carbons (Fsp3) is 0.409. The second-order valence-electron chi connectivity index (χ2n) is 7.51. The Bertz CT molecular complexity index is 780. The lowest BCUT2D eigenvalue weighted by Crippen LogP contribution is -2.41. The van der Waals surface area contributed by atoms with E-state index in [1.165, 1.54) is 0 Å². The van der Waals surface area contributed by atoms with E-state index in [1.807, 2.05) is 31.2 Å². The monoisotopic (exact) mass is 353 g/mol. The van der Waals surface area contributed by atoms with E-state index >= 15 is 0 Å². The van der Waals surface area contributed by atoms with Crippen LogP contribution in [0.1, 0.15) is 61.1 Å². The molecule has 0 fully saturated rings. The topological polar surface area (TPSA) is 47.6 Å². The molecule has 2 aromatic rings. The summed E-state index contributed by atoms with van der Waals surface area (Å²) in [6.45, 7) is 8.89. The molecule has 26 heavy (non-hydrogen) atoms. The Morgan fingerprint density at radius 2 is 1.96 bits per heavy atom. The van der Waals surface area contributed by atoms with Gasteiger partial charge in [-0.2, -0.15) is 0 Å². The van der Waals surface area contributed by atoms with E-state index in [0.717, 1.165) is 35.5 Å². The molecule has 1 aliphatic heterocycles. The Balaban J connectivity index is 1.76. The summed E-state index contributed by atoms with van der Waals surface area (Å²) < 4.78 is 11.7. The third kappa shape index (κ3) is 4.18. The molecule has 0 aliphatic carbocycles. The molecular formula is C22H27NO3. The molecule has 0 unspecified atom stereocenters. The second-order valence-corrected chi connectivity index (χ2v) is 7.51. The number of carbonyl (C=O) groups is 1. The van der Waals surface area contributed by atoms with Crippen molar-refractivity contribution in [3.05, 3.63) is 59.2 Å². The predicted octanol–water partition coefficient (Wildman–Crippen LogP) is 4.82. The maximum absolute atomic E-state index is 12.7. The van der Waals surface area contributed by atoms with Crippen LogP contribution in [0.3, 0.4) is 0 Å². The molecule has 1 heterocycles. The van der Waals surface area contributed by atoms with Crippen LogP contribution in [0, 0.1) is 6.92 Å².